The molecule has 4 rings (SSSR count). The van der Waals surface area contributed by atoms with Crippen LogP contribution in [0.25, 0.3) is 11.3 Å². The Morgan fingerprint density at radius 1 is 1.14 bits per heavy atom. The van der Waals surface area contributed by atoms with Crippen molar-refractivity contribution >= 4 is 0 Å². The first-order valence-electron chi connectivity index (χ1n) is 7.76. The van der Waals surface area contributed by atoms with Gasteiger partial charge in [0, 0.05) is 23.2 Å². The zero-order valence-electron chi connectivity index (χ0n) is 12.7. The lowest BCUT2D eigenvalue weighted by Crippen LogP contribution is -2.37. The highest BCUT2D eigenvalue weighted by Gasteiger charge is 2.43. The highest BCUT2D eigenvalue weighted by molar-refractivity contribution is 5.64. The largest absolute Gasteiger partial charge is 0.302 e. The SMILES string of the molecule is Cc1n[nH]c(C)c1-c1ccc([C@@]23CCCN(CC2)C3)nn1. The molecule has 0 radical (unpaired) electrons. The Balaban J connectivity index is 1.68. The van der Waals surface area contributed by atoms with Gasteiger partial charge in [-0.15, -0.1) is 0 Å². The number of rotatable bonds is 2. The molecule has 0 amide bonds. The Hall–Kier alpha value is -1.75. The summed E-state index contributed by atoms with van der Waals surface area (Å²) in [6, 6.07) is 4.29. The van der Waals surface area contributed by atoms with E-state index in [4.69, 9.17) is 0 Å². The van der Waals surface area contributed by atoms with Gasteiger partial charge in [-0.1, -0.05) is 0 Å². The minimum atomic E-state index is 0.254. The molecular weight excluding hydrogens is 262 g/mol. The zero-order valence-corrected chi connectivity index (χ0v) is 12.7. The fourth-order valence-electron chi connectivity index (χ4n) is 4.01. The summed E-state index contributed by atoms with van der Waals surface area (Å²) < 4.78 is 0. The van der Waals surface area contributed by atoms with Crippen molar-refractivity contribution in [3.8, 4) is 11.3 Å². The number of hydrogen-bond donors (Lipinski definition) is 1. The fourth-order valence-corrected chi connectivity index (χ4v) is 4.01. The van der Waals surface area contributed by atoms with Crippen LogP contribution in [0.15, 0.2) is 12.1 Å². The van der Waals surface area contributed by atoms with Crippen LogP contribution in [-0.2, 0) is 5.41 Å². The van der Waals surface area contributed by atoms with Crippen molar-refractivity contribution in [1.29, 1.82) is 0 Å². The standard InChI is InChI=1S/C16H21N5/c1-11-15(12(2)18-17-11)13-4-5-14(20-19-13)16-6-3-8-21(10-16)9-7-16/h4-5H,3,6-10H2,1-2H3,(H,17,18)/t16-/m0/s1. The molecule has 0 aliphatic carbocycles. The summed E-state index contributed by atoms with van der Waals surface area (Å²) >= 11 is 0. The van der Waals surface area contributed by atoms with E-state index < -0.39 is 0 Å². The number of nitrogens with one attached hydrogen (secondary N) is 1. The van der Waals surface area contributed by atoms with Gasteiger partial charge in [0.05, 0.1) is 17.1 Å². The maximum Gasteiger partial charge on any atom is 0.0966 e. The van der Waals surface area contributed by atoms with Gasteiger partial charge < -0.3 is 4.90 Å². The highest BCUT2D eigenvalue weighted by Crippen LogP contribution is 2.41. The first-order valence-corrected chi connectivity index (χ1v) is 7.76. The number of H-pyrrole nitrogens is 1. The van der Waals surface area contributed by atoms with Crippen molar-refractivity contribution in [2.75, 3.05) is 19.6 Å². The third-order valence-electron chi connectivity index (χ3n) is 5.15. The highest BCUT2D eigenvalue weighted by atomic mass is 15.2. The lowest BCUT2D eigenvalue weighted by Gasteiger charge is -2.33. The molecule has 1 N–H and O–H groups in total. The van der Waals surface area contributed by atoms with Crippen molar-refractivity contribution in [2.24, 2.45) is 0 Å². The summed E-state index contributed by atoms with van der Waals surface area (Å²) in [6.45, 7) is 7.65. The second kappa shape index (κ2) is 4.63. The Bertz CT molecular complexity index is 636. The predicted molar refractivity (Wildman–Crippen MR) is 81.1 cm³/mol. The van der Waals surface area contributed by atoms with Gasteiger partial charge in [-0.05, 0) is 58.3 Å². The maximum absolute atomic E-state index is 4.59. The third-order valence-corrected chi connectivity index (χ3v) is 5.15. The number of nitrogens with zero attached hydrogens (tertiary/aromatic N) is 4. The van der Waals surface area contributed by atoms with Gasteiger partial charge >= 0.3 is 0 Å². The van der Waals surface area contributed by atoms with E-state index in [9.17, 15) is 0 Å². The predicted octanol–water partition coefficient (Wildman–Crippen LogP) is 2.22. The lowest BCUT2D eigenvalue weighted by molar-refractivity contribution is 0.239. The molecule has 2 atom stereocenters. The van der Waals surface area contributed by atoms with E-state index in [0.29, 0.717) is 0 Å². The van der Waals surface area contributed by atoms with Crippen molar-refractivity contribution in [1.82, 2.24) is 25.3 Å². The van der Waals surface area contributed by atoms with Gasteiger partial charge in [0.1, 0.15) is 0 Å². The van der Waals surface area contributed by atoms with Crippen LogP contribution >= 0.6 is 0 Å². The summed E-state index contributed by atoms with van der Waals surface area (Å²) in [5.41, 5.74) is 5.47. The molecule has 2 aliphatic rings. The summed E-state index contributed by atoms with van der Waals surface area (Å²) in [6.07, 6.45) is 3.76. The molecule has 0 saturated carbocycles. The van der Waals surface area contributed by atoms with E-state index in [1.807, 2.05) is 13.8 Å². The Morgan fingerprint density at radius 3 is 2.76 bits per heavy atom. The molecule has 2 aliphatic heterocycles. The van der Waals surface area contributed by atoms with E-state index in [2.05, 4.69) is 37.4 Å². The molecule has 5 nitrogen and oxygen atoms in total. The molecule has 2 bridgehead atoms. The van der Waals surface area contributed by atoms with E-state index in [1.165, 1.54) is 38.0 Å². The topological polar surface area (TPSA) is 57.7 Å². The Kier molecular flexibility index (Phi) is 2.85. The molecule has 0 spiro atoms. The van der Waals surface area contributed by atoms with E-state index >= 15 is 0 Å². The van der Waals surface area contributed by atoms with Gasteiger partial charge in [0.15, 0.2) is 0 Å². The van der Waals surface area contributed by atoms with Crippen LogP contribution in [0.4, 0.5) is 0 Å². The van der Waals surface area contributed by atoms with Gasteiger partial charge in [-0.3, -0.25) is 5.10 Å². The van der Waals surface area contributed by atoms with Crippen LogP contribution in [0.1, 0.15) is 36.3 Å². The number of aromatic amines is 1. The molecule has 5 heteroatoms. The zero-order chi connectivity index (χ0) is 14.4. The van der Waals surface area contributed by atoms with Crippen LogP contribution in [-0.4, -0.2) is 44.9 Å². The van der Waals surface area contributed by atoms with Crippen LogP contribution < -0.4 is 0 Å². The third kappa shape index (κ3) is 1.99. The van der Waals surface area contributed by atoms with E-state index in [-0.39, 0.29) is 5.41 Å². The molecule has 2 saturated heterocycles. The first-order chi connectivity index (χ1) is 10.2. The monoisotopic (exact) mass is 283 g/mol. The smallest absolute Gasteiger partial charge is 0.0966 e. The summed E-state index contributed by atoms with van der Waals surface area (Å²) in [7, 11) is 0. The van der Waals surface area contributed by atoms with Crippen molar-refractivity contribution in [2.45, 2.75) is 38.5 Å². The molecule has 1 unspecified atom stereocenters. The van der Waals surface area contributed by atoms with Crippen LogP contribution in [0, 0.1) is 13.8 Å². The normalized spacial score (nSPS) is 28.0. The minimum absolute atomic E-state index is 0.254. The molecule has 2 fully saturated rings. The molecule has 21 heavy (non-hydrogen) atoms. The molecule has 2 aromatic heterocycles. The molecule has 2 aromatic rings. The van der Waals surface area contributed by atoms with Gasteiger partial charge in [-0.2, -0.15) is 15.3 Å². The van der Waals surface area contributed by atoms with Crippen molar-refractivity contribution in [3.63, 3.8) is 0 Å². The molecular formula is C16H21N5. The fraction of sp³-hybridized carbons (Fsp3) is 0.562. The molecule has 0 aromatic carbocycles. The van der Waals surface area contributed by atoms with Crippen LogP contribution in [0.2, 0.25) is 0 Å². The minimum Gasteiger partial charge on any atom is -0.302 e. The Labute approximate surface area is 124 Å². The van der Waals surface area contributed by atoms with Crippen molar-refractivity contribution in [3.05, 3.63) is 29.2 Å². The van der Waals surface area contributed by atoms with Gasteiger partial charge in [0.25, 0.3) is 0 Å². The van der Waals surface area contributed by atoms with Crippen LogP contribution in [0.5, 0.6) is 0 Å². The number of piperidine rings is 1. The number of fused-ring (bicyclic) bond motifs is 2. The number of aryl methyl sites for hydroxylation is 2. The average Bonchev–Trinajstić information content (AvgIpc) is 3.00. The summed E-state index contributed by atoms with van der Waals surface area (Å²) in [4.78, 5) is 2.56. The van der Waals surface area contributed by atoms with E-state index in [1.54, 1.807) is 0 Å². The first kappa shape index (κ1) is 13.0. The maximum atomic E-state index is 4.59. The summed E-state index contributed by atoms with van der Waals surface area (Å²) in [5, 5.41) is 16.3. The molecule has 110 valence electrons. The summed E-state index contributed by atoms with van der Waals surface area (Å²) in [5.74, 6) is 0. The quantitative estimate of drug-likeness (QED) is 0.918. The second-order valence-electron chi connectivity index (χ2n) is 6.52. The van der Waals surface area contributed by atoms with Crippen molar-refractivity contribution < 1.29 is 0 Å². The Morgan fingerprint density at radius 2 is 2.05 bits per heavy atom. The number of hydrogen-bond acceptors (Lipinski definition) is 4. The number of aromatic nitrogens is 4. The van der Waals surface area contributed by atoms with E-state index in [0.717, 1.165) is 29.2 Å². The van der Waals surface area contributed by atoms with Crippen LogP contribution in [0.3, 0.4) is 0 Å². The lowest BCUT2D eigenvalue weighted by atomic mass is 9.78. The second-order valence-corrected chi connectivity index (χ2v) is 6.52. The molecule has 4 heterocycles. The average molecular weight is 283 g/mol. The van der Waals surface area contributed by atoms with Gasteiger partial charge in [0.2, 0.25) is 0 Å². The van der Waals surface area contributed by atoms with Gasteiger partial charge in [-0.25, -0.2) is 0 Å².